The van der Waals surface area contributed by atoms with Gasteiger partial charge in [0.1, 0.15) is 5.54 Å². The van der Waals surface area contributed by atoms with Gasteiger partial charge in [0.25, 0.3) is 0 Å². The molecule has 0 aliphatic carbocycles. The summed E-state index contributed by atoms with van der Waals surface area (Å²) in [6, 6.07) is 0. The van der Waals surface area contributed by atoms with E-state index in [0.29, 0.717) is 5.75 Å². The molecule has 0 spiro atoms. The summed E-state index contributed by atoms with van der Waals surface area (Å²) < 4.78 is 0. The molecule has 0 saturated heterocycles. The van der Waals surface area contributed by atoms with Crippen molar-refractivity contribution in [2.75, 3.05) is 12.4 Å². The van der Waals surface area contributed by atoms with E-state index in [9.17, 15) is 0 Å². The molecular weight excluding hydrogens is 163 g/mol. The predicted octanol–water partition coefficient (Wildman–Crippen LogP) is -0.146. The second kappa shape index (κ2) is 3.82. The van der Waals surface area contributed by atoms with Crippen molar-refractivity contribution in [1.82, 2.24) is 0 Å². The lowest BCUT2D eigenvalue weighted by molar-refractivity contribution is 0.323. The SMILES string of the molecule is NP(N)(=S)SCCO. The van der Waals surface area contributed by atoms with Gasteiger partial charge in [0, 0.05) is 5.75 Å². The third-order valence-electron chi connectivity index (χ3n) is 0.384. The Morgan fingerprint density at radius 3 is 2.25 bits per heavy atom. The van der Waals surface area contributed by atoms with Crippen LogP contribution in [0.2, 0.25) is 0 Å². The molecule has 0 amide bonds. The van der Waals surface area contributed by atoms with Crippen molar-refractivity contribution >= 4 is 28.7 Å². The molecule has 0 heterocycles. The molecule has 50 valence electrons. The van der Waals surface area contributed by atoms with Crippen LogP contribution in [0.5, 0.6) is 0 Å². The number of hydrogen-bond acceptors (Lipinski definition) is 3. The van der Waals surface area contributed by atoms with Crippen molar-refractivity contribution < 1.29 is 5.11 Å². The van der Waals surface area contributed by atoms with Gasteiger partial charge in [0.05, 0.1) is 6.61 Å². The van der Waals surface area contributed by atoms with Crippen LogP contribution in [0.15, 0.2) is 0 Å². The summed E-state index contributed by atoms with van der Waals surface area (Å²) in [5.41, 5.74) is 8.46. The summed E-state index contributed by atoms with van der Waals surface area (Å²) in [5.74, 6) is 0.546. The zero-order valence-electron chi connectivity index (χ0n) is 4.28. The predicted molar refractivity (Wildman–Crippen MR) is 42.2 cm³/mol. The molecule has 0 saturated carbocycles. The smallest absolute Gasteiger partial charge is 0.122 e. The normalized spacial score (nSPS) is 11.9. The maximum absolute atomic E-state index is 8.27. The van der Waals surface area contributed by atoms with E-state index in [0.717, 1.165) is 0 Å². The van der Waals surface area contributed by atoms with E-state index in [1.54, 1.807) is 0 Å². The van der Waals surface area contributed by atoms with Gasteiger partial charge >= 0.3 is 0 Å². The van der Waals surface area contributed by atoms with Gasteiger partial charge in [-0.25, -0.2) is 0 Å². The second-order valence-electron chi connectivity index (χ2n) is 1.20. The number of nitrogens with two attached hydrogens (primary N) is 2. The Labute approximate surface area is 57.7 Å². The number of aliphatic hydroxyl groups excluding tert-OH is 1. The zero-order chi connectivity index (χ0) is 6.62. The Hall–Kier alpha value is 0.880. The quantitative estimate of drug-likeness (QED) is 0.516. The standard InChI is InChI=1S/C2H9N2OPS2/c3-6(4,7)8-2-1-5/h5H,1-2H2,(H4,3,4,7). The van der Waals surface area contributed by atoms with Crippen LogP contribution in [0.4, 0.5) is 0 Å². The summed E-state index contributed by atoms with van der Waals surface area (Å²) in [6.07, 6.45) is 0. The Morgan fingerprint density at radius 2 is 2.12 bits per heavy atom. The molecule has 0 aromatic carbocycles. The second-order valence-corrected chi connectivity index (χ2v) is 8.25. The lowest BCUT2D eigenvalue weighted by Gasteiger charge is -2.05. The topological polar surface area (TPSA) is 72.3 Å². The van der Waals surface area contributed by atoms with Crippen molar-refractivity contribution in [3.05, 3.63) is 0 Å². The molecule has 0 fully saturated rings. The highest BCUT2D eigenvalue weighted by Gasteiger charge is 2.00. The first kappa shape index (κ1) is 8.88. The van der Waals surface area contributed by atoms with Crippen LogP contribution >= 0.6 is 16.9 Å². The maximum Gasteiger partial charge on any atom is 0.122 e. The molecule has 3 nitrogen and oxygen atoms in total. The Morgan fingerprint density at radius 1 is 1.62 bits per heavy atom. The van der Waals surface area contributed by atoms with E-state index in [1.165, 1.54) is 11.4 Å². The lowest BCUT2D eigenvalue weighted by atomic mass is 10.9. The van der Waals surface area contributed by atoms with Crippen LogP contribution in [-0.4, -0.2) is 17.5 Å². The van der Waals surface area contributed by atoms with Crippen molar-refractivity contribution in [3.8, 4) is 0 Å². The molecule has 0 aliphatic heterocycles. The van der Waals surface area contributed by atoms with Gasteiger partial charge in [-0.05, 0) is 0 Å². The zero-order valence-corrected chi connectivity index (χ0v) is 6.81. The van der Waals surface area contributed by atoms with E-state index in [4.69, 9.17) is 16.1 Å². The van der Waals surface area contributed by atoms with E-state index >= 15 is 0 Å². The Balaban J connectivity index is 3.26. The number of aliphatic hydroxyl groups is 1. The summed E-state index contributed by atoms with van der Waals surface area (Å²) >= 11 is 5.93. The van der Waals surface area contributed by atoms with Gasteiger partial charge in [0.15, 0.2) is 0 Å². The minimum atomic E-state index is -2.09. The van der Waals surface area contributed by atoms with Crippen LogP contribution in [0.25, 0.3) is 0 Å². The molecule has 0 aromatic heterocycles. The first-order valence-corrected chi connectivity index (χ1v) is 6.52. The lowest BCUT2D eigenvalue weighted by Crippen LogP contribution is -2.01. The van der Waals surface area contributed by atoms with Crippen LogP contribution in [0.3, 0.4) is 0 Å². The number of rotatable bonds is 3. The molecular formula is C2H9N2OPS2. The molecule has 0 rings (SSSR count). The van der Waals surface area contributed by atoms with E-state index in [2.05, 4.69) is 11.8 Å². The van der Waals surface area contributed by atoms with Crippen LogP contribution in [0.1, 0.15) is 0 Å². The van der Waals surface area contributed by atoms with Gasteiger partial charge in [-0.1, -0.05) is 23.2 Å². The largest absolute Gasteiger partial charge is 0.396 e. The fraction of sp³-hybridized carbons (Fsp3) is 1.00. The van der Waals surface area contributed by atoms with Gasteiger partial charge in [-0.2, -0.15) is 0 Å². The summed E-state index contributed by atoms with van der Waals surface area (Å²) in [7, 11) is 0. The maximum atomic E-state index is 8.27. The molecule has 0 aromatic rings. The molecule has 5 N–H and O–H groups in total. The van der Waals surface area contributed by atoms with E-state index in [-0.39, 0.29) is 6.61 Å². The number of hydrogen-bond donors (Lipinski definition) is 3. The highest BCUT2D eigenvalue weighted by atomic mass is 32.9. The average Bonchev–Trinajstić information content (AvgIpc) is 1.59. The summed E-state index contributed by atoms with van der Waals surface area (Å²) in [4.78, 5) is 0. The Bertz CT molecular complexity index is 102. The van der Waals surface area contributed by atoms with Crippen molar-refractivity contribution in [2.45, 2.75) is 0 Å². The first-order chi connectivity index (χ1) is 3.56. The van der Waals surface area contributed by atoms with Crippen LogP contribution < -0.4 is 11.0 Å². The van der Waals surface area contributed by atoms with E-state index in [1.807, 2.05) is 0 Å². The third kappa shape index (κ3) is 6.88. The monoisotopic (exact) mass is 172 g/mol. The molecule has 0 radical (unpaired) electrons. The summed E-state index contributed by atoms with van der Waals surface area (Å²) in [6.45, 7) is 0.0947. The van der Waals surface area contributed by atoms with Gasteiger partial charge in [-0.15, -0.1) is 0 Å². The minimum Gasteiger partial charge on any atom is -0.396 e. The minimum absolute atomic E-state index is 0.0947. The van der Waals surface area contributed by atoms with Crippen molar-refractivity contribution in [2.24, 2.45) is 11.0 Å². The van der Waals surface area contributed by atoms with Crippen molar-refractivity contribution in [1.29, 1.82) is 0 Å². The van der Waals surface area contributed by atoms with Gasteiger partial charge in [0.2, 0.25) is 0 Å². The van der Waals surface area contributed by atoms with Crippen LogP contribution in [0, 0.1) is 0 Å². The van der Waals surface area contributed by atoms with E-state index < -0.39 is 5.54 Å². The molecule has 8 heavy (non-hydrogen) atoms. The van der Waals surface area contributed by atoms with Crippen molar-refractivity contribution in [3.63, 3.8) is 0 Å². The highest BCUT2D eigenvalue weighted by Crippen LogP contribution is 2.42. The first-order valence-electron chi connectivity index (χ1n) is 1.99. The fourth-order valence-corrected chi connectivity index (χ4v) is 2.32. The highest BCUT2D eigenvalue weighted by molar-refractivity contribution is 8.69. The third-order valence-corrected chi connectivity index (χ3v) is 3.86. The molecule has 0 atom stereocenters. The molecule has 0 unspecified atom stereocenters. The van der Waals surface area contributed by atoms with Gasteiger partial charge < -0.3 is 5.11 Å². The molecule has 6 heteroatoms. The van der Waals surface area contributed by atoms with Crippen LogP contribution in [-0.2, 0) is 11.8 Å². The fourth-order valence-electron chi connectivity index (χ4n) is 0.184. The molecule has 0 bridgehead atoms. The Kier molecular flexibility index (Phi) is 4.24. The average molecular weight is 172 g/mol. The summed E-state index contributed by atoms with van der Waals surface area (Å²) in [5, 5.41) is 8.27. The molecule has 0 aliphatic rings. The van der Waals surface area contributed by atoms with Gasteiger partial charge in [-0.3, -0.25) is 11.0 Å².